The number of nitrogens with zero attached hydrogens (tertiary/aromatic N) is 2. The fourth-order valence-electron chi connectivity index (χ4n) is 2.34. The minimum Gasteiger partial charge on any atom is -0.350 e. The summed E-state index contributed by atoms with van der Waals surface area (Å²) < 4.78 is 39.6. The number of aryl methyl sites for hydroxylation is 1. The van der Waals surface area contributed by atoms with Gasteiger partial charge in [0.15, 0.2) is 0 Å². The Bertz CT molecular complexity index is 508. The van der Waals surface area contributed by atoms with Gasteiger partial charge in [0.1, 0.15) is 6.04 Å². The highest BCUT2D eigenvalue weighted by Gasteiger charge is 2.43. The summed E-state index contributed by atoms with van der Waals surface area (Å²) >= 11 is 0. The van der Waals surface area contributed by atoms with Crippen molar-refractivity contribution in [3.63, 3.8) is 0 Å². The summed E-state index contributed by atoms with van der Waals surface area (Å²) in [7, 11) is 0. The van der Waals surface area contributed by atoms with E-state index in [0.29, 0.717) is 26.2 Å². The standard InChI is InChI=1S/C14H19F3N4O.2ClH/c1-10-2-3-11(8-19-10)13(22)20-9-12(14(15,16)17)21-6-4-18-5-7-21;;/h2-3,8,12,18H,4-7,9H2,1H3,(H,20,22);2*1H. The SMILES string of the molecule is Cc1ccc(C(=O)NCC(N2CCNCC2)C(F)(F)F)cn1.Cl.Cl. The van der Waals surface area contributed by atoms with Crippen LogP contribution in [0.2, 0.25) is 0 Å². The molecule has 0 aliphatic carbocycles. The van der Waals surface area contributed by atoms with Gasteiger partial charge in [-0.3, -0.25) is 14.7 Å². The number of alkyl halides is 3. The Kier molecular flexibility index (Phi) is 9.57. The van der Waals surface area contributed by atoms with E-state index < -0.39 is 24.7 Å². The Labute approximate surface area is 151 Å². The Morgan fingerprint density at radius 2 is 1.96 bits per heavy atom. The maximum atomic E-state index is 13.2. The van der Waals surface area contributed by atoms with Gasteiger partial charge in [0, 0.05) is 44.6 Å². The molecule has 1 atom stereocenters. The second kappa shape index (κ2) is 10.0. The van der Waals surface area contributed by atoms with Crippen LogP contribution in [0.1, 0.15) is 16.1 Å². The molecule has 0 radical (unpaired) electrons. The Morgan fingerprint density at radius 1 is 1.33 bits per heavy atom. The topological polar surface area (TPSA) is 57.3 Å². The van der Waals surface area contributed by atoms with Gasteiger partial charge >= 0.3 is 6.18 Å². The van der Waals surface area contributed by atoms with Crippen LogP contribution in [0.15, 0.2) is 18.3 Å². The number of halogens is 5. The normalized spacial score (nSPS) is 16.5. The third kappa shape index (κ3) is 6.43. The lowest BCUT2D eigenvalue weighted by atomic mass is 10.2. The molecular weight excluding hydrogens is 368 g/mol. The fourth-order valence-corrected chi connectivity index (χ4v) is 2.34. The van der Waals surface area contributed by atoms with Gasteiger partial charge in [-0.2, -0.15) is 13.2 Å². The number of carbonyl (C=O) groups excluding carboxylic acids is 1. The molecule has 1 amide bonds. The average molecular weight is 389 g/mol. The van der Waals surface area contributed by atoms with Crippen LogP contribution in [-0.4, -0.2) is 60.7 Å². The van der Waals surface area contributed by atoms with Crippen LogP contribution in [0.3, 0.4) is 0 Å². The lowest BCUT2D eigenvalue weighted by molar-refractivity contribution is -0.183. The van der Waals surface area contributed by atoms with Gasteiger partial charge < -0.3 is 10.6 Å². The number of piperazine rings is 1. The fraction of sp³-hybridized carbons (Fsp3) is 0.571. The number of amides is 1. The van der Waals surface area contributed by atoms with Gasteiger partial charge in [-0.15, -0.1) is 24.8 Å². The van der Waals surface area contributed by atoms with Crippen LogP contribution >= 0.6 is 24.8 Å². The zero-order valence-corrected chi connectivity index (χ0v) is 14.7. The lowest BCUT2D eigenvalue weighted by Crippen LogP contribution is -2.57. The van der Waals surface area contributed by atoms with Crippen molar-refractivity contribution >= 4 is 30.7 Å². The van der Waals surface area contributed by atoms with Crippen LogP contribution in [0.25, 0.3) is 0 Å². The van der Waals surface area contributed by atoms with E-state index in [0.717, 1.165) is 5.69 Å². The van der Waals surface area contributed by atoms with E-state index in [2.05, 4.69) is 15.6 Å². The summed E-state index contributed by atoms with van der Waals surface area (Å²) in [6.45, 7) is 2.96. The first-order chi connectivity index (χ1) is 10.4. The van der Waals surface area contributed by atoms with Crippen molar-refractivity contribution < 1.29 is 18.0 Å². The molecule has 1 aromatic heterocycles. The van der Waals surface area contributed by atoms with E-state index in [-0.39, 0.29) is 30.4 Å². The van der Waals surface area contributed by atoms with Crippen LogP contribution in [0.4, 0.5) is 13.2 Å². The van der Waals surface area contributed by atoms with Crippen molar-refractivity contribution in [3.05, 3.63) is 29.6 Å². The van der Waals surface area contributed by atoms with Crippen molar-refractivity contribution in [1.29, 1.82) is 0 Å². The van der Waals surface area contributed by atoms with Crippen molar-refractivity contribution in [2.75, 3.05) is 32.7 Å². The predicted octanol–water partition coefficient (Wildman–Crippen LogP) is 1.80. The molecule has 1 fully saturated rings. The molecule has 2 N–H and O–H groups in total. The minimum absolute atomic E-state index is 0. The van der Waals surface area contributed by atoms with Crippen molar-refractivity contribution in [2.45, 2.75) is 19.1 Å². The van der Waals surface area contributed by atoms with E-state index in [9.17, 15) is 18.0 Å². The molecular formula is C14H21Cl2F3N4O. The largest absolute Gasteiger partial charge is 0.405 e. The number of pyridine rings is 1. The molecule has 2 heterocycles. The first-order valence-electron chi connectivity index (χ1n) is 7.10. The summed E-state index contributed by atoms with van der Waals surface area (Å²) in [4.78, 5) is 17.2. The Morgan fingerprint density at radius 3 is 2.46 bits per heavy atom. The lowest BCUT2D eigenvalue weighted by Gasteiger charge is -2.35. The minimum atomic E-state index is -4.38. The quantitative estimate of drug-likeness (QED) is 0.825. The third-order valence-corrected chi connectivity index (χ3v) is 3.60. The van der Waals surface area contributed by atoms with Crippen LogP contribution < -0.4 is 10.6 Å². The number of rotatable bonds is 4. The summed E-state index contributed by atoms with van der Waals surface area (Å²) in [6.07, 6.45) is -3.02. The number of carbonyl (C=O) groups is 1. The highest BCUT2D eigenvalue weighted by Crippen LogP contribution is 2.24. The van der Waals surface area contributed by atoms with Gasteiger partial charge in [0.05, 0.1) is 5.56 Å². The highest BCUT2D eigenvalue weighted by atomic mass is 35.5. The van der Waals surface area contributed by atoms with Gasteiger partial charge in [-0.05, 0) is 19.1 Å². The van der Waals surface area contributed by atoms with Crippen molar-refractivity contribution in [2.24, 2.45) is 0 Å². The zero-order chi connectivity index (χ0) is 16.2. The van der Waals surface area contributed by atoms with Gasteiger partial charge in [0.25, 0.3) is 5.91 Å². The number of aromatic nitrogens is 1. The molecule has 0 bridgehead atoms. The van der Waals surface area contributed by atoms with Gasteiger partial charge in [0.2, 0.25) is 0 Å². The van der Waals surface area contributed by atoms with E-state index in [1.54, 1.807) is 19.1 Å². The number of hydrogen-bond acceptors (Lipinski definition) is 4. The summed E-state index contributed by atoms with van der Waals surface area (Å²) in [5, 5.41) is 5.37. The molecule has 138 valence electrons. The Hall–Kier alpha value is -1.09. The molecule has 1 unspecified atom stereocenters. The first kappa shape index (κ1) is 22.9. The van der Waals surface area contributed by atoms with Crippen LogP contribution in [0.5, 0.6) is 0 Å². The molecule has 5 nitrogen and oxygen atoms in total. The molecule has 0 saturated carbocycles. The predicted molar refractivity (Wildman–Crippen MR) is 90.1 cm³/mol. The molecule has 10 heteroatoms. The summed E-state index contributed by atoms with van der Waals surface area (Å²) in [5.41, 5.74) is 0.998. The van der Waals surface area contributed by atoms with E-state index in [4.69, 9.17) is 0 Å². The summed E-state index contributed by atoms with van der Waals surface area (Å²) in [6, 6.07) is 1.52. The average Bonchev–Trinajstić information content (AvgIpc) is 2.47. The number of hydrogen-bond donors (Lipinski definition) is 2. The smallest absolute Gasteiger partial charge is 0.350 e. The Balaban J connectivity index is 0.00000264. The third-order valence-electron chi connectivity index (χ3n) is 3.60. The van der Waals surface area contributed by atoms with Crippen molar-refractivity contribution in [3.8, 4) is 0 Å². The van der Waals surface area contributed by atoms with Crippen LogP contribution in [-0.2, 0) is 0 Å². The molecule has 2 rings (SSSR count). The molecule has 1 aliphatic rings. The maximum Gasteiger partial charge on any atom is 0.405 e. The molecule has 1 aliphatic heterocycles. The number of nitrogens with one attached hydrogen (secondary N) is 2. The molecule has 1 aromatic rings. The molecule has 24 heavy (non-hydrogen) atoms. The second-order valence-corrected chi connectivity index (χ2v) is 5.24. The maximum absolute atomic E-state index is 13.2. The van der Waals surface area contributed by atoms with Gasteiger partial charge in [-0.25, -0.2) is 0 Å². The van der Waals surface area contributed by atoms with E-state index >= 15 is 0 Å². The van der Waals surface area contributed by atoms with Crippen LogP contribution in [0, 0.1) is 6.92 Å². The zero-order valence-electron chi connectivity index (χ0n) is 13.1. The van der Waals surface area contributed by atoms with E-state index in [1.165, 1.54) is 11.1 Å². The van der Waals surface area contributed by atoms with Crippen molar-refractivity contribution in [1.82, 2.24) is 20.5 Å². The van der Waals surface area contributed by atoms with Gasteiger partial charge in [-0.1, -0.05) is 0 Å². The second-order valence-electron chi connectivity index (χ2n) is 5.24. The monoisotopic (exact) mass is 388 g/mol. The molecule has 1 saturated heterocycles. The summed E-state index contributed by atoms with van der Waals surface area (Å²) in [5.74, 6) is -0.545. The van der Waals surface area contributed by atoms with E-state index in [1.807, 2.05) is 0 Å². The molecule has 0 aromatic carbocycles. The highest BCUT2D eigenvalue weighted by molar-refractivity contribution is 5.93. The first-order valence-corrected chi connectivity index (χ1v) is 7.10. The molecule has 0 spiro atoms.